The summed E-state index contributed by atoms with van der Waals surface area (Å²) in [6.07, 6.45) is 4.87. The molecule has 1 heterocycles. The van der Waals surface area contributed by atoms with E-state index >= 15 is 0 Å². The lowest BCUT2D eigenvalue weighted by Crippen LogP contribution is -2.33. The van der Waals surface area contributed by atoms with Crippen molar-refractivity contribution in [2.75, 3.05) is 16.2 Å². The van der Waals surface area contributed by atoms with Crippen molar-refractivity contribution in [1.82, 2.24) is 0 Å². The van der Waals surface area contributed by atoms with Gasteiger partial charge in [0, 0.05) is 23.8 Å². The Kier molecular flexibility index (Phi) is 5.10. The van der Waals surface area contributed by atoms with Crippen molar-refractivity contribution in [3.63, 3.8) is 0 Å². The van der Waals surface area contributed by atoms with E-state index in [2.05, 4.69) is 4.72 Å². The van der Waals surface area contributed by atoms with Crippen molar-refractivity contribution in [3.8, 4) is 0 Å². The van der Waals surface area contributed by atoms with Gasteiger partial charge in [-0.15, -0.1) is 0 Å². The van der Waals surface area contributed by atoms with Crippen molar-refractivity contribution in [1.29, 1.82) is 0 Å². The molecule has 1 N–H and O–H groups in total. The summed E-state index contributed by atoms with van der Waals surface area (Å²) in [6, 6.07) is 10.9. The molecule has 148 valence electrons. The second-order valence-electron chi connectivity index (χ2n) is 7.56. The van der Waals surface area contributed by atoms with Crippen LogP contribution in [0.2, 0.25) is 0 Å². The molecule has 1 fully saturated rings. The van der Waals surface area contributed by atoms with E-state index in [0.29, 0.717) is 24.2 Å². The third-order valence-electron chi connectivity index (χ3n) is 5.46. The standard InChI is InChI=1S/C21H23FN2O3S/c22-18-7-3-4-15(12-18)14-28(26,27)23-19-8-9-20-17(13-19)10-11-24(20)21(25)16-5-1-2-6-16/h3-4,7-9,12-13,16,23H,1-2,5-6,10-11,14H2. The van der Waals surface area contributed by atoms with Crippen LogP contribution in [0.5, 0.6) is 0 Å². The number of amides is 1. The highest BCUT2D eigenvalue weighted by atomic mass is 32.2. The van der Waals surface area contributed by atoms with Gasteiger partial charge >= 0.3 is 0 Å². The number of halogens is 1. The molecular formula is C21H23FN2O3S. The van der Waals surface area contributed by atoms with Crippen LogP contribution in [-0.4, -0.2) is 20.9 Å². The Labute approximate surface area is 164 Å². The summed E-state index contributed by atoms with van der Waals surface area (Å²) in [4.78, 5) is 14.6. The van der Waals surface area contributed by atoms with E-state index in [1.54, 1.807) is 18.2 Å². The average Bonchev–Trinajstić information content (AvgIpc) is 3.30. The summed E-state index contributed by atoms with van der Waals surface area (Å²) in [5.41, 5.74) is 2.70. The molecule has 5 nitrogen and oxygen atoms in total. The van der Waals surface area contributed by atoms with Crippen molar-refractivity contribution in [2.45, 2.75) is 37.9 Å². The predicted octanol–water partition coefficient (Wildman–Crippen LogP) is 3.85. The Bertz CT molecular complexity index is 1000. The molecule has 2 aromatic carbocycles. The highest BCUT2D eigenvalue weighted by Gasteiger charge is 2.32. The number of hydrogen-bond donors (Lipinski definition) is 1. The third kappa shape index (κ3) is 4.04. The molecule has 0 saturated heterocycles. The maximum atomic E-state index is 13.3. The lowest BCUT2D eigenvalue weighted by molar-refractivity contribution is -0.122. The van der Waals surface area contributed by atoms with Crippen LogP contribution < -0.4 is 9.62 Å². The molecule has 2 aliphatic rings. The average molecular weight is 402 g/mol. The Morgan fingerprint density at radius 3 is 2.68 bits per heavy atom. The van der Waals surface area contributed by atoms with Crippen LogP contribution in [0.1, 0.15) is 36.8 Å². The summed E-state index contributed by atoms with van der Waals surface area (Å²) in [5, 5.41) is 0. The lowest BCUT2D eigenvalue weighted by atomic mass is 10.1. The van der Waals surface area contributed by atoms with Crippen molar-refractivity contribution >= 4 is 27.3 Å². The number of nitrogens with one attached hydrogen (secondary N) is 1. The SMILES string of the molecule is O=C(C1CCCC1)N1CCc2cc(NS(=O)(=O)Cc3cccc(F)c3)ccc21. The number of carbonyl (C=O) groups excluding carboxylic acids is 1. The van der Waals surface area contributed by atoms with Crippen LogP contribution in [0.4, 0.5) is 15.8 Å². The normalized spacial score (nSPS) is 17.0. The summed E-state index contributed by atoms with van der Waals surface area (Å²) in [5.74, 6) is -0.447. The Morgan fingerprint density at radius 2 is 1.93 bits per heavy atom. The van der Waals surface area contributed by atoms with Gasteiger partial charge in [-0.25, -0.2) is 12.8 Å². The zero-order valence-corrected chi connectivity index (χ0v) is 16.3. The highest BCUT2D eigenvalue weighted by molar-refractivity contribution is 7.91. The first-order chi connectivity index (χ1) is 13.4. The number of benzene rings is 2. The number of carbonyl (C=O) groups is 1. The van der Waals surface area contributed by atoms with E-state index in [1.165, 1.54) is 18.2 Å². The topological polar surface area (TPSA) is 66.5 Å². The minimum atomic E-state index is -3.66. The molecular weight excluding hydrogens is 379 g/mol. The summed E-state index contributed by atoms with van der Waals surface area (Å²) in [6.45, 7) is 0.643. The van der Waals surface area contributed by atoms with E-state index in [-0.39, 0.29) is 17.6 Å². The maximum absolute atomic E-state index is 13.3. The molecule has 0 spiro atoms. The van der Waals surface area contributed by atoms with Gasteiger partial charge in [0.05, 0.1) is 5.75 Å². The van der Waals surface area contributed by atoms with Gasteiger partial charge in [-0.2, -0.15) is 0 Å². The van der Waals surface area contributed by atoms with Gasteiger partial charge in [0.1, 0.15) is 5.82 Å². The summed E-state index contributed by atoms with van der Waals surface area (Å²) < 4.78 is 40.7. The monoisotopic (exact) mass is 402 g/mol. The molecule has 2 aromatic rings. The summed E-state index contributed by atoms with van der Waals surface area (Å²) >= 11 is 0. The van der Waals surface area contributed by atoms with Crippen LogP contribution in [-0.2, 0) is 27.0 Å². The summed E-state index contributed by atoms with van der Waals surface area (Å²) in [7, 11) is -3.66. The fourth-order valence-corrected chi connectivity index (χ4v) is 5.33. The smallest absolute Gasteiger partial charge is 0.236 e. The number of sulfonamides is 1. The van der Waals surface area contributed by atoms with Gasteiger partial charge in [-0.05, 0) is 60.7 Å². The fourth-order valence-electron chi connectivity index (χ4n) is 4.15. The van der Waals surface area contributed by atoms with Gasteiger partial charge in [0.2, 0.25) is 15.9 Å². The fraction of sp³-hybridized carbons (Fsp3) is 0.381. The molecule has 4 rings (SSSR count). The minimum Gasteiger partial charge on any atom is -0.312 e. The molecule has 1 saturated carbocycles. The molecule has 7 heteroatoms. The Hall–Kier alpha value is -2.41. The largest absolute Gasteiger partial charge is 0.312 e. The molecule has 0 bridgehead atoms. The first-order valence-electron chi connectivity index (χ1n) is 9.60. The molecule has 1 aliphatic carbocycles. The third-order valence-corrected chi connectivity index (χ3v) is 6.72. The number of fused-ring (bicyclic) bond motifs is 1. The maximum Gasteiger partial charge on any atom is 0.236 e. The van der Waals surface area contributed by atoms with E-state index < -0.39 is 15.8 Å². The second-order valence-corrected chi connectivity index (χ2v) is 9.28. The number of rotatable bonds is 5. The second kappa shape index (κ2) is 7.54. The van der Waals surface area contributed by atoms with Gasteiger partial charge in [-0.1, -0.05) is 25.0 Å². The van der Waals surface area contributed by atoms with Crippen molar-refractivity contribution in [3.05, 3.63) is 59.4 Å². The lowest BCUT2D eigenvalue weighted by Gasteiger charge is -2.21. The zero-order chi connectivity index (χ0) is 19.7. The first-order valence-corrected chi connectivity index (χ1v) is 11.3. The van der Waals surface area contributed by atoms with Crippen LogP contribution >= 0.6 is 0 Å². The van der Waals surface area contributed by atoms with Crippen LogP contribution in [0.25, 0.3) is 0 Å². The molecule has 1 aliphatic heterocycles. The van der Waals surface area contributed by atoms with Gasteiger partial charge in [-0.3, -0.25) is 9.52 Å². The number of hydrogen-bond acceptors (Lipinski definition) is 3. The van der Waals surface area contributed by atoms with Crippen LogP contribution in [0, 0.1) is 11.7 Å². The van der Waals surface area contributed by atoms with E-state index in [0.717, 1.165) is 36.9 Å². The molecule has 28 heavy (non-hydrogen) atoms. The van der Waals surface area contributed by atoms with Crippen LogP contribution in [0.3, 0.4) is 0 Å². The molecule has 0 radical (unpaired) electrons. The molecule has 0 atom stereocenters. The molecule has 0 aromatic heterocycles. The highest BCUT2D eigenvalue weighted by Crippen LogP contribution is 2.35. The quantitative estimate of drug-likeness (QED) is 0.826. The zero-order valence-electron chi connectivity index (χ0n) is 15.5. The minimum absolute atomic E-state index is 0.121. The number of nitrogens with zero attached hydrogens (tertiary/aromatic N) is 1. The number of anilines is 2. The molecule has 1 amide bonds. The van der Waals surface area contributed by atoms with Gasteiger partial charge in [0.15, 0.2) is 0 Å². The van der Waals surface area contributed by atoms with E-state index in [9.17, 15) is 17.6 Å². The Morgan fingerprint density at radius 1 is 1.14 bits per heavy atom. The van der Waals surface area contributed by atoms with Gasteiger partial charge < -0.3 is 4.90 Å². The predicted molar refractivity (Wildman–Crippen MR) is 107 cm³/mol. The van der Waals surface area contributed by atoms with Crippen LogP contribution in [0.15, 0.2) is 42.5 Å². The van der Waals surface area contributed by atoms with Crippen molar-refractivity contribution in [2.24, 2.45) is 5.92 Å². The van der Waals surface area contributed by atoms with Gasteiger partial charge in [0.25, 0.3) is 0 Å². The first kappa shape index (κ1) is 18.9. The molecule has 0 unspecified atom stereocenters. The van der Waals surface area contributed by atoms with E-state index in [4.69, 9.17) is 0 Å². The van der Waals surface area contributed by atoms with Crippen molar-refractivity contribution < 1.29 is 17.6 Å². The Balaban J connectivity index is 1.48. The van der Waals surface area contributed by atoms with E-state index in [1.807, 2.05) is 11.0 Å².